The number of nitrogens with two attached hydrogens (primary N) is 1. The van der Waals surface area contributed by atoms with Crippen molar-refractivity contribution in [3.63, 3.8) is 0 Å². The summed E-state index contributed by atoms with van der Waals surface area (Å²) in [5, 5.41) is 9.06. The molecule has 3 N–H and O–H groups in total. The molecule has 0 aliphatic rings. The number of carbonyl (C=O) groups excluding carboxylic acids is 2. The van der Waals surface area contributed by atoms with Crippen LogP contribution in [-0.2, 0) is 11.2 Å². The van der Waals surface area contributed by atoms with Crippen molar-refractivity contribution in [1.82, 2.24) is 4.90 Å². The Morgan fingerprint density at radius 1 is 1.38 bits per heavy atom. The SMILES string of the molecule is CCc1oc(C(=O)N(CC(N)=O)CC(C)C)cc1C(=O)O. The predicted molar refractivity (Wildman–Crippen MR) is 75.0 cm³/mol. The van der Waals surface area contributed by atoms with Gasteiger partial charge in [-0.1, -0.05) is 20.8 Å². The van der Waals surface area contributed by atoms with E-state index in [1.54, 1.807) is 6.92 Å². The molecule has 0 bridgehead atoms. The maximum atomic E-state index is 12.4. The summed E-state index contributed by atoms with van der Waals surface area (Å²) in [6.07, 6.45) is 0.356. The van der Waals surface area contributed by atoms with Crippen molar-refractivity contribution in [2.24, 2.45) is 11.7 Å². The summed E-state index contributed by atoms with van der Waals surface area (Å²) in [5.41, 5.74) is 5.10. The number of furan rings is 1. The second-order valence-electron chi connectivity index (χ2n) is 5.15. The van der Waals surface area contributed by atoms with E-state index in [1.165, 1.54) is 11.0 Å². The number of nitrogens with zero attached hydrogens (tertiary/aromatic N) is 1. The van der Waals surface area contributed by atoms with Gasteiger partial charge in [-0.3, -0.25) is 9.59 Å². The van der Waals surface area contributed by atoms with Crippen LogP contribution in [-0.4, -0.2) is 40.9 Å². The van der Waals surface area contributed by atoms with Gasteiger partial charge < -0.3 is 20.2 Å². The van der Waals surface area contributed by atoms with Crippen molar-refractivity contribution in [3.05, 3.63) is 23.2 Å². The highest BCUT2D eigenvalue weighted by molar-refractivity contribution is 5.97. The van der Waals surface area contributed by atoms with Crippen molar-refractivity contribution in [2.75, 3.05) is 13.1 Å². The van der Waals surface area contributed by atoms with E-state index in [-0.39, 0.29) is 29.5 Å². The predicted octanol–water partition coefficient (Wildman–Crippen LogP) is 1.12. The lowest BCUT2D eigenvalue weighted by Crippen LogP contribution is -2.40. The van der Waals surface area contributed by atoms with Crippen LogP contribution in [0.5, 0.6) is 0 Å². The van der Waals surface area contributed by atoms with E-state index in [1.807, 2.05) is 13.8 Å². The van der Waals surface area contributed by atoms with Crippen LogP contribution < -0.4 is 5.73 Å². The Hall–Kier alpha value is -2.31. The summed E-state index contributed by atoms with van der Waals surface area (Å²) >= 11 is 0. The van der Waals surface area contributed by atoms with Crippen LogP contribution in [0, 0.1) is 5.92 Å². The Morgan fingerprint density at radius 3 is 2.38 bits per heavy atom. The van der Waals surface area contributed by atoms with Crippen molar-refractivity contribution in [2.45, 2.75) is 27.2 Å². The Balaban J connectivity index is 3.08. The maximum absolute atomic E-state index is 12.4. The van der Waals surface area contributed by atoms with Gasteiger partial charge in [0.2, 0.25) is 5.91 Å². The zero-order valence-electron chi connectivity index (χ0n) is 12.4. The number of carboxylic acid groups (broad SMARTS) is 1. The lowest BCUT2D eigenvalue weighted by atomic mass is 10.2. The van der Waals surface area contributed by atoms with E-state index in [0.717, 1.165) is 0 Å². The average molecular weight is 296 g/mol. The smallest absolute Gasteiger partial charge is 0.339 e. The molecule has 1 rings (SSSR count). The molecule has 0 spiro atoms. The summed E-state index contributed by atoms with van der Waals surface area (Å²) in [6.45, 7) is 5.61. The minimum atomic E-state index is -1.15. The van der Waals surface area contributed by atoms with Gasteiger partial charge in [-0.05, 0) is 5.92 Å². The molecule has 0 unspecified atom stereocenters. The Kier molecular flexibility index (Phi) is 5.52. The Morgan fingerprint density at radius 2 is 2.00 bits per heavy atom. The molecule has 7 nitrogen and oxygen atoms in total. The Bertz CT molecular complexity index is 548. The van der Waals surface area contributed by atoms with Crippen molar-refractivity contribution >= 4 is 17.8 Å². The number of carboxylic acids is 1. The van der Waals surface area contributed by atoms with Crippen LogP contribution in [0.2, 0.25) is 0 Å². The molecule has 21 heavy (non-hydrogen) atoms. The van der Waals surface area contributed by atoms with Crippen molar-refractivity contribution in [3.8, 4) is 0 Å². The van der Waals surface area contributed by atoms with Gasteiger partial charge in [-0.25, -0.2) is 4.79 Å². The minimum absolute atomic E-state index is 0.0376. The van der Waals surface area contributed by atoms with E-state index in [2.05, 4.69) is 0 Å². The second kappa shape index (κ2) is 6.92. The fourth-order valence-corrected chi connectivity index (χ4v) is 1.98. The number of rotatable bonds is 7. The highest BCUT2D eigenvalue weighted by Gasteiger charge is 2.25. The van der Waals surface area contributed by atoms with Gasteiger partial charge in [0.1, 0.15) is 11.3 Å². The molecule has 0 radical (unpaired) electrons. The highest BCUT2D eigenvalue weighted by Crippen LogP contribution is 2.18. The van der Waals surface area contributed by atoms with Crippen LogP contribution in [0.4, 0.5) is 0 Å². The molecule has 0 fully saturated rings. The Labute approximate surface area is 122 Å². The monoisotopic (exact) mass is 296 g/mol. The third-order valence-corrected chi connectivity index (χ3v) is 2.79. The molecule has 1 aromatic rings. The van der Waals surface area contributed by atoms with E-state index in [9.17, 15) is 14.4 Å². The van der Waals surface area contributed by atoms with Gasteiger partial charge in [-0.2, -0.15) is 0 Å². The minimum Gasteiger partial charge on any atom is -0.478 e. The van der Waals surface area contributed by atoms with Gasteiger partial charge in [0.25, 0.3) is 5.91 Å². The first-order chi connectivity index (χ1) is 9.76. The quantitative estimate of drug-likeness (QED) is 0.782. The van der Waals surface area contributed by atoms with E-state index in [0.29, 0.717) is 13.0 Å². The van der Waals surface area contributed by atoms with Gasteiger partial charge in [0.05, 0.1) is 6.54 Å². The molecule has 1 heterocycles. The number of aryl methyl sites for hydroxylation is 1. The molecule has 0 saturated carbocycles. The fourth-order valence-electron chi connectivity index (χ4n) is 1.98. The van der Waals surface area contributed by atoms with Crippen molar-refractivity contribution < 1.29 is 23.9 Å². The first-order valence-electron chi connectivity index (χ1n) is 6.69. The molecular formula is C14H20N2O5. The highest BCUT2D eigenvalue weighted by atomic mass is 16.4. The molecule has 0 aliphatic heterocycles. The van der Waals surface area contributed by atoms with Crippen LogP contribution in [0.3, 0.4) is 0 Å². The van der Waals surface area contributed by atoms with Crippen LogP contribution in [0.25, 0.3) is 0 Å². The summed E-state index contributed by atoms with van der Waals surface area (Å²) in [6, 6.07) is 1.19. The lowest BCUT2D eigenvalue weighted by molar-refractivity contribution is -0.118. The zero-order chi connectivity index (χ0) is 16.2. The average Bonchev–Trinajstić information content (AvgIpc) is 2.80. The lowest BCUT2D eigenvalue weighted by Gasteiger charge is -2.21. The number of hydrogen-bond donors (Lipinski definition) is 2. The van der Waals surface area contributed by atoms with Crippen LogP contribution in [0.15, 0.2) is 10.5 Å². The first kappa shape index (κ1) is 16.7. The molecule has 0 aromatic carbocycles. The molecule has 0 atom stereocenters. The van der Waals surface area contributed by atoms with Crippen LogP contribution >= 0.6 is 0 Å². The number of aromatic carboxylic acids is 1. The molecule has 0 aliphatic carbocycles. The first-order valence-corrected chi connectivity index (χ1v) is 6.69. The molecule has 1 aromatic heterocycles. The van der Waals surface area contributed by atoms with E-state index >= 15 is 0 Å². The summed E-state index contributed by atoms with van der Waals surface area (Å²) in [5.74, 6) is -2.05. The number of carbonyl (C=O) groups is 3. The van der Waals surface area contributed by atoms with Crippen molar-refractivity contribution in [1.29, 1.82) is 0 Å². The summed E-state index contributed by atoms with van der Waals surface area (Å²) in [7, 11) is 0. The van der Waals surface area contributed by atoms with Gasteiger partial charge in [0.15, 0.2) is 5.76 Å². The normalized spacial score (nSPS) is 10.7. The molecule has 116 valence electrons. The third kappa shape index (κ3) is 4.34. The number of primary amides is 1. The maximum Gasteiger partial charge on any atom is 0.339 e. The summed E-state index contributed by atoms with van der Waals surface area (Å²) in [4.78, 5) is 35.8. The number of hydrogen-bond acceptors (Lipinski definition) is 4. The van der Waals surface area contributed by atoms with Crippen LogP contribution in [0.1, 0.15) is 47.4 Å². The third-order valence-electron chi connectivity index (χ3n) is 2.79. The summed E-state index contributed by atoms with van der Waals surface area (Å²) < 4.78 is 5.31. The van der Waals surface area contributed by atoms with Gasteiger partial charge in [0, 0.05) is 19.0 Å². The molecule has 0 saturated heterocycles. The largest absolute Gasteiger partial charge is 0.478 e. The standard InChI is InChI=1S/C14H20N2O5/c1-4-10-9(14(19)20)5-11(21-10)13(18)16(6-8(2)3)7-12(15)17/h5,8H,4,6-7H2,1-3H3,(H2,15,17)(H,19,20). The van der Waals surface area contributed by atoms with Gasteiger partial charge in [-0.15, -0.1) is 0 Å². The fraction of sp³-hybridized carbons (Fsp3) is 0.500. The molecule has 7 heteroatoms. The topological polar surface area (TPSA) is 114 Å². The second-order valence-corrected chi connectivity index (χ2v) is 5.15. The number of amides is 2. The molecular weight excluding hydrogens is 276 g/mol. The van der Waals surface area contributed by atoms with E-state index in [4.69, 9.17) is 15.3 Å². The zero-order valence-corrected chi connectivity index (χ0v) is 12.4. The van der Waals surface area contributed by atoms with Gasteiger partial charge >= 0.3 is 5.97 Å². The van der Waals surface area contributed by atoms with E-state index < -0.39 is 17.8 Å². The molecule has 2 amide bonds.